The van der Waals surface area contributed by atoms with E-state index in [2.05, 4.69) is 28.1 Å². The highest BCUT2D eigenvalue weighted by molar-refractivity contribution is 8.31. The second kappa shape index (κ2) is 8.43. The van der Waals surface area contributed by atoms with E-state index >= 15 is 0 Å². The predicted octanol–water partition coefficient (Wildman–Crippen LogP) is 5.35. The molecule has 142 valence electrons. The lowest BCUT2D eigenvalue weighted by Crippen LogP contribution is -2.08. The Hall–Kier alpha value is -2.21. The molecule has 0 aliphatic carbocycles. The first-order valence-electron chi connectivity index (χ1n) is 8.76. The molecule has 28 heavy (non-hydrogen) atoms. The first-order valence-corrected chi connectivity index (χ1v) is 10.8. The van der Waals surface area contributed by atoms with Crippen molar-refractivity contribution in [3.63, 3.8) is 0 Å². The van der Waals surface area contributed by atoms with Crippen LogP contribution < -0.4 is 0 Å². The van der Waals surface area contributed by atoms with Gasteiger partial charge in [-0.05, 0) is 17.9 Å². The fourth-order valence-electron chi connectivity index (χ4n) is 2.92. The lowest BCUT2D eigenvalue weighted by Gasteiger charge is -2.07. The molecule has 0 spiro atoms. The maximum absolute atomic E-state index is 9.51. The van der Waals surface area contributed by atoms with Crippen molar-refractivity contribution in [3.8, 4) is 6.07 Å². The second-order valence-electron chi connectivity index (χ2n) is 6.23. The van der Waals surface area contributed by atoms with E-state index < -0.39 is 0 Å². The summed E-state index contributed by atoms with van der Waals surface area (Å²) >= 11 is 9.50. The fourth-order valence-corrected chi connectivity index (χ4v) is 5.48. The third kappa shape index (κ3) is 3.83. The lowest BCUT2D eigenvalue weighted by molar-refractivity contribution is 0.0786. The zero-order valence-electron chi connectivity index (χ0n) is 15.0. The minimum atomic E-state index is 0.142. The molecule has 0 radical (unpaired) electrons. The van der Waals surface area contributed by atoms with Crippen LogP contribution in [0.3, 0.4) is 0 Å². The number of allylic oxidation sites excluding steroid dienone is 1. The number of oxime groups is 1. The van der Waals surface area contributed by atoms with Gasteiger partial charge in [-0.2, -0.15) is 5.26 Å². The van der Waals surface area contributed by atoms with Crippen molar-refractivity contribution in [2.75, 3.05) is 0 Å². The van der Waals surface area contributed by atoms with Crippen molar-refractivity contribution in [2.24, 2.45) is 5.16 Å². The average molecular weight is 430 g/mol. The molecule has 4 rings (SSSR count). The van der Waals surface area contributed by atoms with Gasteiger partial charge < -0.3 is 4.84 Å². The van der Waals surface area contributed by atoms with Crippen LogP contribution in [-0.2, 0) is 4.84 Å². The molecule has 0 saturated heterocycles. The van der Waals surface area contributed by atoms with Crippen LogP contribution in [0.5, 0.6) is 0 Å². The third-order valence-electron chi connectivity index (χ3n) is 4.29. The van der Waals surface area contributed by atoms with Crippen LogP contribution in [0.15, 0.2) is 45.8 Å². The van der Waals surface area contributed by atoms with E-state index in [1.807, 2.05) is 11.5 Å². The molecule has 4 heterocycles. The van der Waals surface area contributed by atoms with E-state index in [0.29, 0.717) is 16.4 Å². The van der Waals surface area contributed by atoms with Gasteiger partial charge in [0.1, 0.15) is 17.9 Å². The normalized spacial score (nSPS) is 20.4. The van der Waals surface area contributed by atoms with Gasteiger partial charge in [-0.15, -0.1) is 0 Å². The van der Waals surface area contributed by atoms with Crippen molar-refractivity contribution < 1.29 is 4.84 Å². The molecule has 0 amide bonds. The lowest BCUT2D eigenvalue weighted by atomic mass is 10.0. The predicted molar refractivity (Wildman–Crippen MR) is 114 cm³/mol. The van der Waals surface area contributed by atoms with Crippen molar-refractivity contribution >= 4 is 51.4 Å². The van der Waals surface area contributed by atoms with Crippen molar-refractivity contribution in [2.45, 2.75) is 32.3 Å². The number of nitriles is 1. The Labute approximate surface area is 176 Å². The standard InChI is InChI=1S/C19H16ClN5OS2/c1-2-3-13-7-15(24-26-13)12-6-14(20)18(23-9-12)17-10-27-19(28-17)16(8-21)25-5-4-22-11-25/h4-6,9-11,13H,2-3,7H2,1H3/b19-16+. The Morgan fingerprint density at radius 1 is 1.50 bits per heavy atom. The molecule has 2 aliphatic rings. The number of imidazole rings is 1. The molecule has 2 aromatic heterocycles. The molecule has 1 unspecified atom stereocenters. The fraction of sp³-hybridized carbons (Fsp3) is 0.263. The SMILES string of the molecule is CCCC1CC(c2cnc(C3=CS/C(=C(/C#N)n4ccnc4)S3)c(Cl)c2)=NO1. The van der Waals surface area contributed by atoms with Gasteiger partial charge in [-0.3, -0.25) is 9.55 Å². The van der Waals surface area contributed by atoms with Gasteiger partial charge in [-0.1, -0.05) is 53.6 Å². The summed E-state index contributed by atoms with van der Waals surface area (Å²) in [4.78, 5) is 15.0. The number of pyridine rings is 1. The maximum Gasteiger partial charge on any atom is 0.146 e. The monoisotopic (exact) mass is 429 g/mol. The molecule has 2 aliphatic heterocycles. The van der Waals surface area contributed by atoms with Crippen LogP contribution in [-0.4, -0.2) is 26.4 Å². The number of hydrogen-bond donors (Lipinski definition) is 0. The summed E-state index contributed by atoms with van der Waals surface area (Å²) in [6, 6.07) is 4.12. The van der Waals surface area contributed by atoms with Gasteiger partial charge in [0.05, 0.1) is 27.0 Å². The summed E-state index contributed by atoms with van der Waals surface area (Å²) in [5.74, 6) is 0. The Morgan fingerprint density at radius 3 is 3.11 bits per heavy atom. The third-order valence-corrected chi connectivity index (χ3v) is 6.94. The topological polar surface area (TPSA) is 76.1 Å². The number of thioether (sulfide) groups is 2. The van der Waals surface area contributed by atoms with E-state index in [9.17, 15) is 5.26 Å². The zero-order valence-corrected chi connectivity index (χ0v) is 17.4. The number of rotatable bonds is 5. The molecule has 1 atom stereocenters. The van der Waals surface area contributed by atoms with E-state index in [0.717, 1.165) is 39.7 Å². The summed E-state index contributed by atoms with van der Waals surface area (Å²) in [6.45, 7) is 2.13. The molecule has 0 fully saturated rings. The quantitative estimate of drug-likeness (QED) is 0.596. The molecular formula is C19H16ClN5OS2. The number of hydrogen-bond acceptors (Lipinski definition) is 7. The summed E-state index contributed by atoms with van der Waals surface area (Å²) in [5, 5.41) is 16.2. The van der Waals surface area contributed by atoms with E-state index in [4.69, 9.17) is 16.4 Å². The summed E-state index contributed by atoms with van der Waals surface area (Å²) in [6.07, 6.45) is 9.77. The second-order valence-corrected chi connectivity index (χ2v) is 8.83. The van der Waals surface area contributed by atoms with Crippen molar-refractivity contribution in [1.82, 2.24) is 14.5 Å². The average Bonchev–Trinajstić information content (AvgIpc) is 3.45. The minimum absolute atomic E-state index is 0.142. The molecule has 0 N–H and O–H groups in total. The Morgan fingerprint density at radius 2 is 2.39 bits per heavy atom. The van der Waals surface area contributed by atoms with Gasteiger partial charge in [0.15, 0.2) is 0 Å². The van der Waals surface area contributed by atoms with Gasteiger partial charge in [0, 0.05) is 35.5 Å². The zero-order chi connectivity index (χ0) is 19.5. The highest BCUT2D eigenvalue weighted by atomic mass is 35.5. The highest BCUT2D eigenvalue weighted by Crippen LogP contribution is 2.51. The Bertz CT molecular complexity index is 1020. The molecule has 6 nitrogen and oxygen atoms in total. The smallest absolute Gasteiger partial charge is 0.146 e. The molecule has 2 aromatic rings. The van der Waals surface area contributed by atoms with Crippen LogP contribution in [0.4, 0.5) is 0 Å². The van der Waals surface area contributed by atoms with E-state index in [1.165, 1.54) is 23.5 Å². The van der Waals surface area contributed by atoms with Gasteiger partial charge >= 0.3 is 0 Å². The number of nitrogens with zero attached hydrogens (tertiary/aromatic N) is 5. The van der Waals surface area contributed by atoms with Crippen LogP contribution in [0.2, 0.25) is 5.02 Å². The Kier molecular flexibility index (Phi) is 5.76. The van der Waals surface area contributed by atoms with Gasteiger partial charge in [0.2, 0.25) is 0 Å². The first kappa shape index (κ1) is 19.1. The molecule has 0 aromatic carbocycles. The number of aromatic nitrogens is 3. The molecule has 0 saturated carbocycles. The Balaban J connectivity index is 1.53. The molecular weight excluding hydrogens is 414 g/mol. The number of halogens is 1. The van der Waals surface area contributed by atoms with Crippen LogP contribution in [0.1, 0.15) is 37.4 Å². The largest absolute Gasteiger partial charge is 0.392 e. The summed E-state index contributed by atoms with van der Waals surface area (Å²) < 4.78 is 2.57. The maximum atomic E-state index is 9.51. The van der Waals surface area contributed by atoms with Crippen LogP contribution >= 0.6 is 35.1 Å². The summed E-state index contributed by atoms with van der Waals surface area (Å²) in [5.41, 5.74) is 3.00. The molecule has 0 bridgehead atoms. The highest BCUT2D eigenvalue weighted by Gasteiger charge is 2.25. The minimum Gasteiger partial charge on any atom is -0.392 e. The summed E-state index contributed by atoms with van der Waals surface area (Å²) in [7, 11) is 0. The van der Waals surface area contributed by atoms with Crippen LogP contribution in [0, 0.1) is 11.3 Å². The van der Waals surface area contributed by atoms with Gasteiger partial charge in [0.25, 0.3) is 0 Å². The van der Waals surface area contributed by atoms with Crippen molar-refractivity contribution in [3.05, 3.63) is 56.9 Å². The van der Waals surface area contributed by atoms with E-state index in [1.54, 1.807) is 29.5 Å². The first-order chi connectivity index (χ1) is 13.7. The molecule has 9 heteroatoms. The van der Waals surface area contributed by atoms with Crippen LogP contribution in [0.25, 0.3) is 10.6 Å². The van der Waals surface area contributed by atoms with Gasteiger partial charge in [-0.25, -0.2) is 4.98 Å². The van der Waals surface area contributed by atoms with Crippen molar-refractivity contribution in [1.29, 1.82) is 5.26 Å². The van der Waals surface area contributed by atoms with E-state index in [-0.39, 0.29) is 6.10 Å².